The van der Waals surface area contributed by atoms with Crippen molar-refractivity contribution in [3.05, 3.63) is 60.2 Å². The molecule has 2 heterocycles. The summed E-state index contributed by atoms with van der Waals surface area (Å²) in [4.78, 5) is 14.8. The van der Waals surface area contributed by atoms with Crippen LogP contribution >= 0.6 is 0 Å². The van der Waals surface area contributed by atoms with Crippen molar-refractivity contribution in [2.24, 2.45) is 5.92 Å². The molecule has 31 heavy (non-hydrogen) atoms. The second kappa shape index (κ2) is 9.41. The Bertz CT molecular complexity index is 864. The van der Waals surface area contributed by atoms with Gasteiger partial charge in [0.15, 0.2) is 0 Å². The Labute approximate surface area is 184 Å². The lowest BCUT2D eigenvalue weighted by Gasteiger charge is -2.52. The summed E-state index contributed by atoms with van der Waals surface area (Å²) in [6.07, 6.45) is 7.13. The molecule has 0 spiro atoms. The van der Waals surface area contributed by atoms with Crippen molar-refractivity contribution in [3.8, 4) is 11.5 Å². The monoisotopic (exact) mass is 420 g/mol. The fraction of sp³-hybridized carbons (Fsp3) is 0.500. The summed E-state index contributed by atoms with van der Waals surface area (Å²) in [5.74, 6) is 2.19. The van der Waals surface area contributed by atoms with Crippen LogP contribution in [0, 0.1) is 5.92 Å². The Morgan fingerprint density at radius 1 is 0.968 bits per heavy atom. The third-order valence-electron chi connectivity index (χ3n) is 6.98. The van der Waals surface area contributed by atoms with Crippen molar-refractivity contribution in [3.63, 3.8) is 0 Å². The number of para-hydroxylation sites is 1. The van der Waals surface area contributed by atoms with E-state index in [-0.39, 0.29) is 17.9 Å². The topological polar surface area (TPSA) is 50.8 Å². The van der Waals surface area contributed by atoms with Gasteiger partial charge >= 0.3 is 0 Å². The van der Waals surface area contributed by atoms with Gasteiger partial charge in [-0.15, -0.1) is 0 Å². The maximum absolute atomic E-state index is 12.2. The molecule has 5 rings (SSSR count). The van der Waals surface area contributed by atoms with Gasteiger partial charge in [-0.3, -0.25) is 9.69 Å². The lowest BCUT2D eigenvalue weighted by molar-refractivity contribution is -0.169. The SMILES string of the molecule is O=C(NC[C@H]1CC[C@H]2[C@H](CN2Cc2ccc(Oc3ccccc3)cc2)O1)C1CCCC1. The molecule has 0 radical (unpaired) electrons. The second-order valence-corrected chi connectivity index (χ2v) is 9.16. The van der Waals surface area contributed by atoms with Gasteiger partial charge in [-0.2, -0.15) is 0 Å². The molecule has 1 aliphatic carbocycles. The number of hydrogen-bond acceptors (Lipinski definition) is 4. The smallest absolute Gasteiger partial charge is 0.223 e. The van der Waals surface area contributed by atoms with Crippen molar-refractivity contribution in [1.29, 1.82) is 0 Å². The molecule has 1 saturated carbocycles. The zero-order valence-corrected chi connectivity index (χ0v) is 18.0. The summed E-state index contributed by atoms with van der Waals surface area (Å²) in [5.41, 5.74) is 1.30. The molecular weight excluding hydrogens is 388 g/mol. The van der Waals surface area contributed by atoms with Gasteiger partial charge in [0.2, 0.25) is 5.91 Å². The minimum atomic E-state index is 0.170. The van der Waals surface area contributed by atoms with Crippen LogP contribution in [0.15, 0.2) is 54.6 Å². The van der Waals surface area contributed by atoms with Crippen LogP contribution in [-0.4, -0.2) is 42.1 Å². The highest BCUT2D eigenvalue weighted by Gasteiger charge is 2.43. The highest BCUT2D eigenvalue weighted by Crippen LogP contribution is 2.34. The van der Waals surface area contributed by atoms with E-state index in [1.807, 2.05) is 42.5 Å². The average molecular weight is 421 g/mol. The first-order valence-corrected chi connectivity index (χ1v) is 11.7. The lowest BCUT2D eigenvalue weighted by Crippen LogP contribution is -2.64. The van der Waals surface area contributed by atoms with Gasteiger partial charge in [0.25, 0.3) is 0 Å². The third kappa shape index (κ3) is 4.94. The molecule has 1 N–H and O–H groups in total. The molecule has 1 amide bonds. The largest absolute Gasteiger partial charge is 0.457 e. The number of fused-ring (bicyclic) bond motifs is 1. The zero-order chi connectivity index (χ0) is 21.0. The predicted molar refractivity (Wildman–Crippen MR) is 120 cm³/mol. The van der Waals surface area contributed by atoms with Crippen LogP contribution in [-0.2, 0) is 16.1 Å². The summed E-state index contributed by atoms with van der Waals surface area (Å²) in [7, 11) is 0. The lowest BCUT2D eigenvalue weighted by atomic mass is 9.89. The molecule has 2 saturated heterocycles. The van der Waals surface area contributed by atoms with Crippen LogP contribution in [0.5, 0.6) is 11.5 Å². The summed E-state index contributed by atoms with van der Waals surface area (Å²) in [6, 6.07) is 18.7. The Hall–Kier alpha value is -2.37. The number of benzene rings is 2. The van der Waals surface area contributed by atoms with Gasteiger partial charge in [0.1, 0.15) is 11.5 Å². The minimum Gasteiger partial charge on any atom is -0.457 e. The number of likely N-dealkylation sites (tertiary alicyclic amines) is 1. The molecule has 2 aromatic carbocycles. The summed E-state index contributed by atoms with van der Waals surface area (Å²) < 4.78 is 12.2. The van der Waals surface area contributed by atoms with Crippen LogP contribution in [0.4, 0.5) is 0 Å². The van der Waals surface area contributed by atoms with E-state index in [2.05, 4.69) is 22.3 Å². The van der Waals surface area contributed by atoms with Gasteiger partial charge in [0.05, 0.1) is 12.2 Å². The number of nitrogens with one attached hydrogen (secondary N) is 1. The van der Waals surface area contributed by atoms with Crippen LogP contribution in [0.3, 0.4) is 0 Å². The number of carbonyl (C=O) groups is 1. The molecule has 5 heteroatoms. The Balaban J connectivity index is 1.05. The number of amides is 1. The first-order valence-electron chi connectivity index (χ1n) is 11.7. The Kier molecular flexibility index (Phi) is 6.23. The molecule has 0 bridgehead atoms. The minimum absolute atomic E-state index is 0.170. The zero-order valence-electron chi connectivity index (χ0n) is 18.0. The van der Waals surface area contributed by atoms with E-state index in [4.69, 9.17) is 9.47 Å². The van der Waals surface area contributed by atoms with Crippen LogP contribution < -0.4 is 10.1 Å². The van der Waals surface area contributed by atoms with E-state index < -0.39 is 0 Å². The normalized spacial score (nSPS) is 26.1. The van der Waals surface area contributed by atoms with E-state index in [0.717, 1.165) is 50.3 Å². The second-order valence-electron chi connectivity index (χ2n) is 9.16. The summed E-state index contributed by atoms with van der Waals surface area (Å²) in [5, 5.41) is 3.14. The fourth-order valence-corrected chi connectivity index (χ4v) is 5.16. The van der Waals surface area contributed by atoms with Crippen molar-refractivity contribution >= 4 is 5.91 Å². The molecule has 2 aromatic rings. The van der Waals surface area contributed by atoms with Crippen molar-refractivity contribution in [2.45, 2.75) is 63.3 Å². The molecule has 2 aliphatic heterocycles. The van der Waals surface area contributed by atoms with Crippen LogP contribution in [0.2, 0.25) is 0 Å². The number of nitrogens with zero attached hydrogens (tertiary/aromatic N) is 1. The van der Waals surface area contributed by atoms with E-state index in [1.54, 1.807) is 0 Å². The van der Waals surface area contributed by atoms with Crippen LogP contribution in [0.25, 0.3) is 0 Å². The van der Waals surface area contributed by atoms with Gasteiger partial charge in [-0.1, -0.05) is 43.2 Å². The Morgan fingerprint density at radius 3 is 2.45 bits per heavy atom. The molecule has 0 unspecified atom stereocenters. The summed E-state index contributed by atoms with van der Waals surface area (Å²) in [6.45, 7) is 2.58. The molecule has 3 fully saturated rings. The number of rotatable bonds is 7. The molecule has 3 aliphatic rings. The number of carbonyl (C=O) groups excluding carboxylic acids is 1. The highest BCUT2D eigenvalue weighted by atomic mass is 16.5. The van der Waals surface area contributed by atoms with Gasteiger partial charge in [-0.05, 0) is 55.5 Å². The van der Waals surface area contributed by atoms with Gasteiger partial charge < -0.3 is 14.8 Å². The third-order valence-corrected chi connectivity index (χ3v) is 6.98. The standard InChI is InChI=1S/C26H32N2O3/c29-26(20-6-4-5-7-20)27-16-23-14-15-24-25(31-23)18-28(24)17-19-10-12-22(13-11-19)30-21-8-2-1-3-9-21/h1-3,8-13,20,23-25H,4-7,14-18H2,(H,27,29)/t23-,24+,25+/m1/s1. The quantitative estimate of drug-likeness (QED) is 0.716. The molecule has 3 atom stereocenters. The number of ether oxygens (including phenoxy) is 2. The number of hydrogen-bond donors (Lipinski definition) is 1. The van der Waals surface area contributed by atoms with Gasteiger partial charge in [-0.25, -0.2) is 0 Å². The van der Waals surface area contributed by atoms with Crippen molar-refractivity contribution in [2.75, 3.05) is 13.1 Å². The van der Waals surface area contributed by atoms with Crippen molar-refractivity contribution < 1.29 is 14.3 Å². The molecular formula is C26H32N2O3. The summed E-state index contributed by atoms with van der Waals surface area (Å²) >= 11 is 0. The highest BCUT2D eigenvalue weighted by molar-refractivity contribution is 5.78. The average Bonchev–Trinajstić information content (AvgIpc) is 3.33. The predicted octanol–water partition coefficient (Wildman–Crippen LogP) is 4.52. The van der Waals surface area contributed by atoms with Gasteiger partial charge in [0, 0.05) is 31.6 Å². The molecule has 0 aromatic heterocycles. The fourth-order valence-electron chi connectivity index (χ4n) is 5.16. The van der Waals surface area contributed by atoms with E-state index >= 15 is 0 Å². The van der Waals surface area contributed by atoms with E-state index in [9.17, 15) is 4.79 Å². The maximum atomic E-state index is 12.2. The molecule has 164 valence electrons. The van der Waals surface area contributed by atoms with Crippen molar-refractivity contribution in [1.82, 2.24) is 10.2 Å². The maximum Gasteiger partial charge on any atom is 0.223 e. The first-order chi connectivity index (χ1) is 15.2. The molecule has 5 nitrogen and oxygen atoms in total. The van der Waals surface area contributed by atoms with Crippen LogP contribution in [0.1, 0.15) is 44.1 Å². The van der Waals surface area contributed by atoms with E-state index in [0.29, 0.717) is 18.7 Å². The Morgan fingerprint density at radius 2 is 1.71 bits per heavy atom. The first kappa shape index (κ1) is 20.5. The van der Waals surface area contributed by atoms with E-state index in [1.165, 1.54) is 18.4 Å².